The van der Waals surface area contributed by atoms with Crippen LogP contribution in [0, 0.1) is 28.4 Å². The summed E-state index contributed by atoms with van der Waals surface area (Å²) in [5.41, 5.74) is 0.622. The summed E-state index contributed by atoms with van der Waals surface area (Å²) in [4.78, 5) is 10.1. The van der Waals surface area contributed by atoms with Crippen molar-refractivity contribution in [3.8, 4) is 11.8 Å². The molecule has 0 saturated heterocycles. The van der Waals surface area contributed by atoms with E-state index in [1.165, 1.54) is 12.1 Å². The first-order valence-corrected chi connectivity index (χ1v) is 4.40. The maximum absolute atomic E-state index is 10.5. The summed E-state index contributed by atoms with van der Waals surface area (Å²) in [6, 6.07) is 6.47. The van der Waals surface area contributed by atoms with Crippen LogP contribution in [0.1, 0.15) is 12.0 Å². The smallest absolute Gasteiger partial charge is 0.272 e. The molecule has 0 aliphatic carbocycles. The average molecular weight is 206 g/mol. The Balaban J connectivity index is 2.74. The molecule has 0 amide bonds. The predicted octanol–water partition coefficient (Wildman–Crippen LogP) is 2.20. The zero-order valence-electron chi connectivity index (χ0n) is 8.27. The topological polar surface area (TPSA) is 76.2 Å². The SMILES string of the molecule is Cc1cc(OCCC#N)ccc1[N+](=O)[O-]. The molecule has 0 N–H and O–H groups in total. The molecule has 5 heteroatoms. The molecule has 0 aliphatic heterocycles. The van der Waals surface area contributed by atoms with Gasteiger partial charge in [0.1, 0.15) is 12.4 Å². The van der Waals surface area contributed by atoms with Crippen molar-refractivity contribution in [2.45, 2.75) is 13.3 Å². The normalized spacial score (nSPS) is 9.33. The number of nitro groups is 1. The van der Waals surface area contributed by atoms with Crippen molar-refractivity contribution in [2.75, 3.05) is 6.61 Å². The predicted molar refractivity (Wildman–Crippen MR) is 53.6 cm³/mol. The highest BCUT2D eigenvalue weighted by atomic mass is 16.6. The van der Waals surface area contributed by atoms with Gasteiger partial charge in [0.15, 0.2) is 0 Å². The van der Waals surface area contributed by atoms with E-state index in [1.54, 1.807) is 13.0 Å². The minimum Gasteiger partial charge on any atom is -0.493 e. The Morgan fingerprint density at radius 3 is 2.87 bits per heavy atom. The van der Waals surface area contributed by atoms with Crippen LogP contribution in [0.15, 0.2) is 18.2 Å². The molecule has 0 spiro atoms. The maximum atomic E-state index is 10.5. The van der Waals surface area contributed by atoms with Gasteiger partial charge in [-0.1, -0.05) is 0 Å². The summed E-state index contributed by atoms with van der Waals surface area (Å²) in [7, 11) is 0. The number of nitrogens with zero attached hydrogens (tertiary/aromatic N) is 2. The van der Waals surface area contributed by atoms with Gasteiger partial charge in [0, 0.05) is 11.6 Å². The van der Waals surface area contributed by atoms with E-state index in [2.05, 4.69) is 0 Å². The summed E-state index contributed by atoms with van der Waals surface area (Å²) in [6.45, 7) is 1.95. The number of ether oxygens (including phenoxy) is 1. The van der Waals surface area contributed by atoms with Crippen molar-refractivity contribution in [1.82, 2.24) is 0 Å². The molecular weight excluding hydrogens is 196 g/mol. The molecule has 0 unspecified atom stereocenters. The minimum absolute atomic E-state index is 0.0719. The molecule has 0 bridgehead atoms. The summed E-state index contributed by atoms with van der Waals surface area (Å²) < 4.78 is 5.22. The maximum Gasteiger partial charge on any atom is 0.272 e. The van der Waals surface area contributed by atoms with Crippen molar-refractivity contribution < 1.29 is 9.66 Å². The average Bonchev–Trinajstić information content (AvgIpc) is 2.17. The largest absolute Gasteiger partial charge is 0.493 e. The van der Waals surface area contributed by atoms with Gasteiger partial charge in [-0.05, 0) is 19.1 Å². The summed E-state index contributed by atoms with van der Waals surface area (Å²) in [5.74, 6) is 0.549. The van der Waals surface area contributed by atoms with Crippen LogP contribution in [-0.4, -0.2) is 11.5 Å². The van der Waals surface area contributed by atoms with E-state index < -0.39 is 4.92 Å². The molecule has 5 nitrogen and oxygen atoms in total. The van der Waals surface area contributed by atoms with Crippen molar-refractivity contribution in [3.63, 3.8) is 0 Å². The molecule has 1 rings (SSSR count). The second kappa shape index (κ2) is 4.96. The van der Waals surface area contributed by atoms with E-state index in [9.17, 15) is 10.1 Å². The lowest BCUT2D eigenvalue weighted by molar-refractivity contribution is -0.385. The zero-order chi connectivity index (χ0) is 11.3. The molecule has 0 atom stereocenters. The monoisotopic (exact) mass is 206 g/mol. The Morgan fingerprint density at radius 2 is 2.33 bits per heavy atom. The first kappa shape index (κ1) is 11.0. The van der Waals surface area contributed by atoms with Crippen LogP contribution in [0.3, 0.4) is 0 Å². The molecule has 0 aliphatic rings. The fourth-order valence-corrected chi connectivity index (χ4v) is 1.14. The van der Waals surface area contributed by atoms with E-state index >= 15 is 0 Å². The third kappa shape index (κ3) is 2.95. The number of rotatable bonds is 4. The number of benzene rings is 1. The molecule has 0 heterocycles. The van der Waals surface area contributed by atoms with Crippen LogP contribution in [0.4, 0.5) is 5.69 Å². The minimum atomic E-state index is -0.436. The number of hydrogen-bond donors (Lipinski definition) is 0. The second-order valence-electron chi connectivity index (χ2n) is 2.96. The Labute approximate surface area is 87.1 Å². The summed E-state index contributed by atoms with van der Waals surface area (Å²) in [6.07, 6.45) is 0.302. The van der Waals surface area contributed by atoms with Gasteiger partial charge in [-0.2, -0.15) is 5.26 Å². The molecule has 1 aromatic rings. The van der Waals surface area contributed by atoms with Crippen LogP contribution in [0.5, 0.6) is 5.75 Å². The highest BCUT2D eigenvalue weighted by Gasteiger charge is 2.10. The number of nitro benzene ring substituents is 1. The van der Waals surface area contributed by atoms with Gasteiger partial charge in [0.2, 0.25) is 0 Å². The molecule has 0 saturated carbocycles. The number of hydrogen-bond acceptors (Lipinski definition) is 4. The molecule has 0 radical (unpaired) electrons. The standard InChI is InChI=1S/C10H10N2O3/c1-8-7-9(15-6-2-5-11)3-4-10(8)12(13)14/h3-4,7H,2,6H2,1H3. The van der Waals surface area contributed by atoms with E-state index in [1.807, 2.05) is 6.07 Å². The van der Waals surface area contributed by atoms with E-state index in [4.69, 9.17) is 10.00 Å². The third-order valence-corrected chi connectivity index (χ3v) is 1.85. The van der Waals surface area contributed by atoms with Crippen LogP contribution in [0.2, 0.25) is 0 Å². The zero-order valence-corrected chi connectivity index (χ0v) is 8.27. The molecule has 1 aromatic carbocycles. The number of nitriles is 1. The van der Waals surface area contributed by atoms with E-state index in [0.29, 0.717) is 24.3 Å². The van der Waals surface area contributed by atoms with Crippen LogP contribution < -0.4 is 4.74 Å². The van der Waals surface area contributed by atoms with Gasteiger partial charge < -0.3 is 4.74 Å². The van der Waals surface area contributed by atoms with Gasteiger partial charge in [-0.15, -0.1) is 0 Å². The molecule has 0 fully saturated rings. The Morgan fingerprint density at radius 1 is 1.60 bits per heavy atom. The fraction of sp³-hybridized carbons (Fsp3) is 0.300. The molecule has 78 valence electrons. The summed E-state index contributed by atoms with van der Waals surface area (Å²) in [5, 5.41) is 18.8. The van der Waals surface area contributed by atoms with E-state index in [-0.39, 0.29) is 5.69 Å². The quantitative estimate of drug-likeness (QED) is 0.430. The van der Waals surface area contributed by atoms with Crippen molar-refractivity contribution >= 4 is 5.69 Å². The van der Waals surface area contributed by atoms with E-state index in [0.717, 1.165) is 0 Å². The van der Waals surface area contributed by atoms with Crippen molar-refractivity contribution in [1.29, 1.82) is 5.26 Å². The first-order valence-electron chi connectivity index (χ1n) is 4.40. The second-order valence-corrected chi connectivity index (χ2v) is 2.96. The van der Waals surface area contributed by atoms with Gasteiger partial charge >= 0.3 is 0 Å². The van der Waals surface area contributed by atoms with Gasteiger partial charge in [-0.3, -0.25) is 10.1 Å². The Hall–Kier alpha value is -2.09. The van der Waals surface area contributed by atoms with Crippen LogP contribution in [-0.2, 0) is 0 Å². The molecule has 15 heavy (non-hydrogen) atoms. The van der Waals surface area contributed by atoms with Gasteiger partial charge in [0.25, 0.3) is 5.69 Å². The Bertz CT molecular complexity index is 410. The lowest BCUT2D eigenvalue weighted by atomic mass is 10.2. The lowest BCUT2D eigenvalue weighted by Gasteiger charge is -2.04. The van der Waals surface area contributed by atoms with Crippen molar-refractivity contribution in [3.05, 3.63) is 33.9 Å². The fourth-order valence-electron chi connectivity index (χ4n) is 1.14. The third-order valence-electron chi connectivity index (χ3n) is 1.85. The number of aryl methyl sites for hydroxylation is 1. The summed E-state index contributed by atoms with van der Waals surface area (Å²) >= 11 is 0. The lowest BCUT2D eigenvalue weighted by Crippen LogP contribution is -1.97. The first-order chi connectivity index (χ1) is 7.15. The highest BCUT2D eigenvalue weighted by molar-refractivity contribution is 5.44. The van der Waals surface area contributed by atoms with Gasteiger partial charge in [0.05, 0.1) is 17.4 Å². The van der Waals surface area contributed by atoms with Crippen LogP contribution in [0.25, 0.3) is 0 Å². The van der Waals surface area contributed by atoms with Crippen molar-refractivity contribution in [2.24, 2.45) is 0 Å². The Kier molecular flexibility index (Phi) is 3.63. The molecule has 0 aromatic heterocycles. The highest BCUT2D eigenvalue weighted by Crippen LogP contribution is 2.22. The molecular formula is C10H10N2O3. The van der Waals surface area contributed by atoms with Gasteiger partial charge in [-0.25, -0.2) is 0 Å². The van der Waals surface area contributed by atoms with Crippen LogP contribution >= 0.6 is 0 Å².